The summed E-state index contributed by atoms with van der Waals surface area (Å²) in [4.78, 5) is 60.4. The van der Waals surface area contributed by atoms with Gasteiger partial charge < -0.3 is 0 Å². The minimum atomic E-state index is -1.84. The highest BCUT2D eigenvalue weighted by molar-refractivity contribution is 5.99. The lowest BCUT2D eigenvalue weighted by atomic mass is 10.1. The molecule has 0 fully saturated rings. The number of nitrogens with zero attached hydrogens (tertiary/aromatic N) is 6. The molecule has 0 saturated carbocycles. The standard InChI is InChI=1S/C6H3N9O12.CH4/c16-10(17)4-1(7-13(22)23)5(11(18)19)3(9-15(26)27)6(12(20)21)2(4)8-14(24)25;/h7-9H;1H4. The summed E-state index contributed by atoms with van der Waals surface area (Å²) in [5, 5.41) is 60.7. The van der Waals surface area contributed by atoms with Gasteiger partial charge in [0.2, 0.25) is 0 Å². The Hall–Kier alpha value is -4.98. The first-order valence-corrected chi connectivity index (χ1v) is 5.78. The predicted octanol–water partition coefficient (Wildman–Crippen LogP) is 0.858. The van der Waals surface area contributed by atoms with E-state index in [1.54, 1.807) is 0 Å². The first-order valence-electron chi connectivity index (χ1n) is 5.78. The van der Waals surface area contributed by atoms with Crippen LogP contribution in [0.5, 0.6) is 0 Å². The molecule has 0 unspecified atom stereocenters. The van der Waals surface area contributed by atoms with E-state index >= 15 is 0 Å². The van der Waals surface area contributed by atoms with E-state index in [0.717, 1.165) is 16.3 Å². The molecule has 1 rings (SSSR count). The number of nitro benzene ring substituents is 3. The Bertz CT molecular complexity index is 761. The lowest BCUT2D eigenvalue weighted by molar-refractivity contribution is -0.456. The van der Waals surface area contributed by atoms with Gasteiger partial charge in [-0.15, -0.1) is 0 Å². The Morgan fingerprint density at radius 2 is 0.643 bits per heavy atom. The van der Waals surface area contributed by atoms with Gasteiger partial charge in [0, 0.05) is 0 Å². The van der Waals surface area contributed by atoms with Crippen molar-refractivity contribution >= 4 is 34.1 Å². The van der Waals surface area contributed by atoms with E-state index < -0.39 is 64.0 Å². The van der Waals surface area contributed by atoms with Crippen LogP contribution in [0.4, 0.5) is 34.1 Å². The third-order valence-electron chi connectivity index (χ3n) is 2.58. The Balaban J connectivity index is 0.00000729. The van der Waals surface area contributed by atoms with Crippen LogP contribution in [0, 0.1) is 60.7 Å². The topological polar surface area (TPSA) is 295 Å². The van der Waals surface area contributed by atoms with E-state index in [1.807, 2.05) is 0 Å². The maximum Gasteiger partial charge on any atom is 0.341 e. The number of hydrogen-bond donors (Lipinski definition) is 3. The zero-order valence-corrected chi connectivity index (χ0v) is 12.1. The Morgan fingerprint density at radius 3 is 0.750 bits per heavy atom. The van der Waals surface area contributed by atoms with E-state index in [1.165, 1.54) is 0 Å². The average Bonchev–Trinajstić information content (AvgIpc) is 2.43. The first-order chi connectivity index (χ1) is 12.4. The van der Waals surface area contributed by atoms with Gasteiger partial charge in [0.1, 0.15) is 0 Å². The Kier molecular flexibility index (Phi) is 6.91. The second-order valence-corrected chi connectivity index (χ2v) is 4.05. The normalized spacial score (nSPS) is 9.43. The molecule has 0 aliphatic rings. The number of rotatable bonds is 9. The van der Waals surface area contributed by atoms with Crippen molar-refractivity contribution in [3.8, 4) is 0 Å². The van der Waals surface area contributed by atoms with Gasteiger partial charge in [-0.25, -0.2) is 30.3 Å². The molecule has 0 aromatic heterocycles. The van der Waals surface area contributed by atoms with Gasteiger partial charge in [-0.1, -0.05) is 23.7 Å². The van der Waals surface area contributed by atoms with Crippen molar-refractivity contribution in [2.24, 2.45) is 0 Å². The number of nitrogens with one attached hydrogen (secondary N) is 3. The maximum absolute atomic E-state index is 11.2. The highest BCUT2D eigenvalue weighted by Gasteiger charge is 2.47. The third-order valence-corrected chi connectivity index (χ3v) is 2.58. The summed E-state index contributed by atoms with van der Waals surface area (Å²) < 4.78 is 0. The fraction of sp³-hybridized carbons (Fsp3) is 0.143. The minimum absolute atomic E-state index is 0. The van der Waals surface area contributed by atoms with Crippen molar-refractivity contribution in [2.75, 3.05) is 16.3 Å². The maximum atomic E-state index is 11.2. The summed E-state index contributed by atoms with van der Waals surface area (Å²) in [7, 11) is 0. The zero-order chi connectivity index (χ0) is 21.0. The van der Waals surface area contributed by atoms with Crippen LogP contribution >= 0.6 is 0 Å². The van der Waals surface area contributed by atoms with E-state index in [-0.39, 0.29) is 7.43 Å². The van der Waals surface area contributed by atoms with Crippen LogP contribution in [0.15, 0.2) is 0 Å². The zero-order valence-electron chi connectivity index (χ0n) is 12.1. The van der Waals surface area contributed by atoms with Crippen molar-refractivity contribution in [2.45, 2.75) is 7.43 Å². The molecule has 0 heterocycles. The van der Waals surface area contributed by atoms with Crippen LogP contribution in [0.25, 0.3) is 0 Å². The molecule has 0 saturated heterocycles. The molecule has 21 nitrogen and oxygen atoms in total. The van der Waals surface area contributed by atoms with Gasteiger partial charge in [-0.05, 0) is 0 Å². The molecule has 1 aromatic rings. The smallest absolute Gasteiger partial charge is 0.258 e. The van der Waals surface area contributed by atoms with Gasteiger partial charge in [-0.3, -0.25) is 30.3 Å². The number of nitro groups is 6. The summed E-state index contributed by atoms with van der Waals surface area (Å²) >= 11 is 0. The summed E-state index contributed by atoms with van der Waals surface area (Å²) in [6.45, 7) is 0. The van der Waals surface area contributed by atoms with Crippen LogP contribution in [0.1, 0.15) is 7.43 Å². The van der Waals surface area contributed by atoms with Crippen LogP contribution < -0.4 is 16.3 Å². The van der Waals surface area contributed by atoms with E-state index in [2.05, 4.69) is 0 Å². The van der Waals surface area contributed by atoms with Crippen molar-refractivity contribution in [1.82, 2.24) is 0 Å². The average molecular weight is 409 g/mol. The molecule has 0 radical (unpaired) electrons. The Morgan fingerprint density at radius 1 is 0.464 bits per heavy atom. The summed E-state index contributed by atoms with van der Waals surface area (Å²) in [6.07, 6.45) is 0. The van der Waals surface area contributed by atoms with Crippen molar-refractivity contribution in [1.29, 1.82) is 0 Å². The monoisotopic (exact) mass is 409 g/mol. The lowest BCUT2D eigenvalue weighted by Crippen LogP contribution is -2.20. The Labute approximate surface area is 149 Å². The van der Waals surface area contributed by atoms with Crippen LogP contribution in [-0.4, -0.2) is 29.9 Å². The highest BCUT2D eigenvalue weighted by Crippen LogP contribution is 2.52. The van der Waals surface area contributed by atoms with E-state index in [0.29, 0.717) is 0 Å². The molecular formula is C7H7N9O12. The molecule has 3 N–H and O–H groups in total. The largest absolute Gasteiger partial charge is 0.341 e. The minimum Gasteiger partial charge on any atom is -0.258 e. The molecule has 21 heteroatoms. The summed E-state index contributed by atoms with van der Waals surface area (Å²) in [6, 6.07) is 0. The quantitative estimate of drug-likeness (QED) is 0.376. The molecule has 0 aliphatic heterocycles. The SMILES string of the molecule is C.O=[N+]([O-])Nc1c([N+](=O)[O-])c(N[N+](=O)[O-])c([N+](=O)[O-])c(N[N+](=O)[O-])c1[N+](=O)[O-]. The molecular weight excluding hydrogens is 402 g/mol. The fourth-order valence-corrected chi connectivity index (χ4v) is 1.85. The number of hydrazine groups is 3. The van der Waals surface area contributed by atoms with Crippen molar-refractivity contribution in [3.05, 3.63) is 60.7 Å². The van der Waals surface area contributed by atoms with Gasteiger partial charge in [0.25, 0.3) is 17.1 Å². The predicted molar refractivity (Wildman–Crippen MR) is 85.0 cm³/mol. The molecule has 0 amide bonds. The number of anilines is 3. The van der Waals surface area contributed by atoms with Crippen molar-refractivity contribution < 1.29 is 29.9 Å². The number of benzene rings is 1. The molecule has 1 aromatic carbocycles. The van der Waals surface area contributed by atoms with E-state index in [9.17, 15) is 60.7 Å². The van der Waals surface area contributed by atoms with Gasteiger partial charge >= 0.3 is 17.1 Å². The lowest BCUT2D eigenvalue weighted by Gasteiger charge is -2.09. The molecule has 152 valence electrons. The van der Waals surface area contributed by atoms with Crippen LogP contribution in [0.3, 0.4) is 0 Å². The summed E-state index contributed by atoms with van der Waals surface area (Å²) in [5.41, 5.74) is -7.60. The van der Waals surface area contributed by atoms with E-state index in [4.69, 9.17) is 0 Å². The second-order valence-electron chi connectivity index (χ2n) is 4.05. The molecule has 28 heavy (non-hydrogen) atoms. The molecule has 0 spiro atoms. The van der Waals surface area contributed by atoms with Gasteiger partial charge in [0.05, 0.1) is 14.8 Å². The van der Waals surface area contributed by atoms with Gasteiger partial charge in [-0.2, -0.15) is 0 Å². The molecule has 0 aliphatic carbocycles. The third kappa shape index (κ3) is 4.55. The number of hydrogen-bond acceptors (Lipinski definition) is 12. The first kappa shape index (κ1) is 23.0. The second kappa shape index (κ2) is 8.41. The van der Waals surface area contributed by atoms with Gasteiger partial charge in [0.15, 0.2) is 15.1 Å². The summed E-state index contributed by atoms with van der Waals surface area (Å²) in [5.74, 6) is 0. The fourth-order valence-electron chi connectivity index (χ4n) is 1.85. The highest BCUT2D eigenvalue weighted by atomic mass is 16.7. The van der Waals surface area contributed by atoms with Crippen molar-refractivity contribution in [3.63, 3.8) is 0 Å². The molecule has 0 atom stereocenters. The van der Waals surface area contributed by atoms with Crippen LogP contribution in [0.2, 0.25) is 0 Å². The molecule has 0 bridgehead atoms. The van der Waals surface area contributed by atoms with Crippen LogP contribution in [-0.2, 0) is 0 Å².